The second-order valence-corrected chi connectivity index (χ2v) is 24.5. The van der Waals surface area contributed by atoms with E-state index >= 15 is 0 Å². The number of nitrogens with two attached hydrogens (primary N) is 1. The van der Waals surface area contributed by atoms with E-state index < -0.39 is 40.3 Å². The lowest BCUT2D eigenvalue weighted by atomic mass is 9.33. The molecule has 356 valence electrons. The maximum Gasteiger partial charge on any atom is 0.309 e. The molecule has 5 saturated carbocycles. The topological polar surface area (TPSA) is 168 Å². The summed E-state index contributed by atoms with van der Waals surface area (Å²) in [5, 5.41) is 29.7. The highest BCUT2D eigenvalue weighted by Crippen LogP contribution is 2.77. The number of esters is 1. The van der Waals surface area contributed by atoms with E-state index in [9.17, 15) is 29.4 Å². The Labute approximate surface area is 388 Å². The van der Waals surface area contributed by atoms with E-state index in [1.807, 2.05) is 20.8 Å². The SMILES string of the molecule is CC(C)C1=C2[C@H]3CC[C@@H]4[C@@]5(C)CC[C@H](OC(=O)[C@H]6C[C@@H](C(=O)O)C6(C)C)C(C)(C)[C@@H]5CC[C@@]4(C)[C@]3(C)CC[C@@]2([C@@H](O)CNCC(C)(CCCCN)NC(=O)c2ccc(Cl)cc2)CC1=O. The maximum atomic E-state index is 14.3. The molecule has 1 aromatic rings. The van der Waals surface area contributed by atoms with Gasteiger partial charge in [-0.15, -0.1) is 0 Å². The number of fused-ring (bicyclic) bond motifs is 7. The summed E-state index contributed by atoms with van der Waals surface area (Å²) in [5.41, 5.74) is 6.46. The number of amides is 1. The number of carboxylic acids is 1. The molecule has 64 heavy (non-hydrogen) atoms. The van der Waals surface area contributed by atoms with E-state index in [2.05, 4.69) is 59.1 Å². The highest BCUT2D eigenvalue weighted by atomic mass is 35.5. The van der Waals surface area contributed by atoms with Gasteiger partial charge in [0.2, 0.25) is 0 Å². The molecule has 10 nitrogen and oxygen atoms in total. The molecule has 1 aromatic carbocycles. The Bertz CT molecular complexity index is 2010. The second kappa shape index (κ2) is 17.4. The molecule has 0 aromatic heterocycles. The molecule has 0 radical (unpaired) electrons. The molecule has 5 fully saturated rings. The van der Waals surface area contributed by atoms with Crippen LogP contribution in [0.15, 0.2) is 35.4 Å². The number of Topliss-reactive ketones (excluding diaryl/α,β-unsaturated/α-hetero) is 1. The molecule has 0 heterocycles. The number of allylic oxidation sites excluding steroid dienone is 1. The van der Waals surface area contributed by atoms with Gasteiger partial charge in [-0.2, -0.15) is 0 Å². The van der Waals surface area contributed by atoms with E-state index in [-0.39, 0.29) is 57.3 Å². The first-order valence-corrected chi connectivity index (χ1v) is 25.1. The minimum Gasteiger partial charge on any atom is -0.481 e. The first-order chi connectivity index (χ1) is 29.8. The van der Waals surface area contributed by atoms with Crippen molar-refractivity contribution in [1.29, 1.82) is 0 Å². The number of ether oxygens (including phenoxy) is 1. The van der Waals surface area contributed by atoms with Gasteiger partial charge in [0.1, 0.15) is 6.10 Å². The fraction of sp³-hybridized carbons (Fsp3) is 0.774. The van der Waals surface area contributed by atoms with Gasteiger partial charge in [0.05, 0.1) is 17.9 Å². The van der Waals surface area contributed by atoms with Crippen LogP contribution in [0.3, 0.4) is 0 Å². The Morgan fingerprint density at radius 1 is 0.891 bits per heavy atom. The number of aliphatic hydroxyl groups excluding tert-OH is 1. The molecular weight excluding hydrogens is 826 g/mol. The Hall–Kier alpha value is -2.79. The summed E-state index contributed by atoms with van der Waals surface area (Å²) in [7, 11) is 0. The molecule has 12 atom stereocenters. The molecule has 11 heteroatoms. The summed E-state index contributed by atoms with van der Waals surface area (Å²) in [6.07, 6.45) is 9.71. The van der Waals surface area contributed by atoms with Crippen molar-refractivity contribution in [2.75, 3.05) is 19.6 Å². The van der Waals surface area contributed by atoms with Crippen molar-refractivity contribution in [3.8, 4) is 0 Å². The predicted octanol–water partition coefficient (Wildman–Crippen LogP) is 9.55. The van der Waals surface area contributed by atoms with E-state index in [1.54, 1.807) is 24.3 Å². The number of benzene rings is 1. The van der Waals surface area contributed by atoms with E-state index in [0.29, 0.717) is 54.9 Å². The third-order valence-corrected chi connectivity index (χ3v) is 20.0. The minimum absolute atomic E-state index is 0.00623. The van der Waals surface area contributed by atoms with Crippen LogP contribution in [0.25, 0.3) is 0 Å². The zero-order chi connectivity index (χ0) is 47.0. The summed E-state index contributed by atoms with van der Waals surface area (Å²) in [5.74, 6) is -0.935. The third-order valence-electron chi connectivity index (χ3n) is 19.7. The summed E-state index contributed by atoms with van der Waals surface area (Å²) in [6, 6.07) is 6.89. The number of carboxylic acid groups (broad SMARTS) is 1. The van der Waals surface area contributed by atoms with Gasteiger partial charge in [-0.3, -0.25) is 19.2 Å². The van der Waals surface area contributed by atoms with Crippen molar-refractivity contribution in [3.05, 3.63) is 46.0 Å². The molecule has 6 aliphatic carbocycles. The number of carbonyl (C=O) groups excluding carboxylic acids is 3. The molecule has 0 aliphatic heterocycles. The number of unbranched alkanes of at least 4 members (excludes halogenated alkanes) is 1. The first-order valence-electron chi connectivity index (χ1n) is 24.7. The Morgan fingerprint density at radius 3 is 2.20 bits per heavy atom. The van der Waals surface area contributed by atoms with Crippen molar-refractivity contribution in [2.45, 2.75) is 170 Å². The molecular formula is C53H80ClN3O7. The smallest absolute Gasteiger partial charge is 0.309 e. The maximum absolute atomic E-state index is 14.3. The first kappa shape index (κ1) is 49.1. The normalized spacial score (nSPS) is 37.6. The zero-order valence-corrected chi connectivity index (χ0v) is 41.4. The monoisotopic (exact) mass is 906 g/mol. The largest absolute Gasteiger partial charge is 0.481 e. The van der Waals surface area contributed by atoms with Gasteiger partial charge in [-0.05, 0) is 166 Å². The van der Waals surface area contributed by atoms with Gasteiger partial charge in [0.25, 0.3) is 5.91 Å². The molecule has 6 aliphatic rings. The quantitative estimate of drug-likeness (QED) is 0.0851. The van der Waals surface area contributed by atoms with Crippen LogP contribution in [-0.2, 0) is 19.1 Å². The van der Waals surface area contributed by atoms with Crippen molar-refractivity contribution < 1.29 is 34.1 Å². The highest BCUT2D eigenvalue weighted by Gasteiger charge is 2.71. The summed E-state index contributed by atoms with van der Waals surface area (Å²) in [6.45, 7) is 23.7. The number of hydrogen-bond acceptors (Lipinski definition) is 8. The van der Waals surface area contributed by atoms with Crippen molar-refractivity contribution in [3.63, 3.8) is 0 Å². The fourth-order valence-corrected chi connectivity index (χ4v) is 15.9. The molecule has 1 amide bonds. The fourth-order valence-electron chi connectivity index (χ4n) is 15.7. The number of ketones is 1. The molecule has 1 unspecified atom stereocenters. The summed E-state index contributed by atoms with van der Waals surface area (Å²) in [4.78, 5) is 53.3. The molecule has 0 bridgehead atoms. The van der Waals surface area contributed by atoms with Crippen molar-refractivity contribution >= 4 is 35.2 Å². The average molecular weight is 907 g/mol. The van der Waals surface area contributed by atoms with Crippen LogP contribution in [0.4, 0.5) is 0 Å². The minimum atomic E-state index is -0.840. The predicted molar refractivity (Wildman–Crippen MR) is 251 cm³/mol. The molecule has 6 N–H and O–H groups in total. The van der Waals surface area contributed by atoms with E-state index in [4.69, 9.17) is 22.1 Å². The van der Waals surface area contributed by atoms with E-state index in [1.165, 1.54) is 5.57 Å². The third kappa shape index (κ3) is 7.91. The number of halogens is 1. The van der Waals surface area contributed by atoms with Gasteiger partial charge in [-0.25, -0.2) is 0 Å². The molecule has 7 rings (SSSR count). The summed E-state index contributed by atoms with van der Waals surface area (Å²) < 4.78 is 6.44. The van der Waals surface area contributed by atoms with Gasteiger partial charge in [0.15, 0.2) is 5.78 Å². The highest BCUT2D eigenvalue weighted by molar-refractivity contribution is 6.30. The Balaban J connectivity index is 1.09. The second-order valence-electron chi connectivity index (χ2n) is 24.1. The van der Waals surface area contributed by atoms with Gasteiger partial charge < -0.3 is 31.3 Å². The van der Waals surface area contributed by atoms with Crippen LogP contribution < -0.4 is 16.4 Å². The lowest BCUT2D eigenvalue weighted by Gasteiger charge is -2.72. The number of rotatable bonds is 15. The van der Waals surface area contributed by atoms with Crippen LogP contribution in [0.2, 0.25) is 5.02 Å². The Kier molecular flexibility index (Phi) is 13.3. The van der Waals surface area contributed by atoms with E-state index in [0.717, 1.165) is 76.2 Å². The summed E-state index contributed by atoms with van der Waals surface area (Å²) >= 11 is 6.11. The van der Waals surface area contributed by atoms with Crippen LogP contribution in [-0.4, -0.2) is 71.2 Å². The number of hydrogen-bond donors (Lipinski definition) is 5. The van der Waals surface area contributed by atoms with Gasteiger partial charge >= 0.3 is 11.9 Å². The van der Waals surface area contributed by atoms with Crippen molar-refractivity contribution in [1.82, 2.24) is 10.6 Å². The number of nitrogens with one attached hydrogen (secondary N) is 2. The van der Waals surface area contributed by atoms with Crippen LogP contribution >= 0.6 is 11.6 Å². The van der Waals surface area contributed by atoms with Crippen LogP contribution in [0.1, 0.15) is 163 Å². The van der Waals surface area contributed by atoms with Crippen LogP contribution in [0.5, 0.6) is 0 Å². The van der Waals surface area contributed by atoms with Gasteiger partial charge in [0, 0.05) is 46.5 Å². The van der Waals surface area contributed by atoms with Gasteiger partial charge in [-0.1, -0.05) is 79.5 Å². The lowest BCUT2D eigenvalue weighted by molar-refractivity contribution is -0.238. The zero-order valence-electron chi connectivity index (χ0n) is 40.6. The number of aliphatic carboxylic acids is 1. The number of carbonyl (C=O) groups is 4. The van der Waals surface area contributed by atoms with Crippen molar-refractivity contribution in [2.24, 2.45) is 73.7 Å². The molecule has 0 spiro atoms. The number of aliphatic hydroxyl groups is 1. The average Bonchev–Trinajstić information content (AvgIpc) is 3.52. The molecule has 0 saturated heterocycles. The van der Waals surface area contributed by atoms with Crippen LogP contribution in [0, 0.1) is 68.0 Å². The standard InChI is InChI=1S/C53H80ClN3O7/c1-31(2)42-37(58)28-53(40(59)29-56-30-49(7,21-11-12-26-55)57-44(60)32-13-15-33(54)16-14-32)25-24-51(9)34(43(42)53)17-18-39-50(8)22-20-41(48(5,6)38(50)19-23-52(39,51)10)64-46(63)36-27-35(45(61)62)47(36,3)4/h13-16,31,34-36,38-41,56,59H,11-12,17-30,55H2,1-10H3,(H,57,60)(H,61,62)/t34-,35+,36-,38+,39-,40+,41+,49?,50+,51-,52-,53+/m1/s1. The lowest BCUT2D eigenvalue weighted by Crippen LogP contribution is -2.66. The Morgan fingerprint density at radius 2 is 1.58 bits per heavy atom.